The van der Waals surface area contributed by atoms with E-state index >= 15 is 0 Å². The van der Waals surface area contributed by atoms with Crippen LogP contribution in [0.4, 0.5) is 5.69 Å². The standard InChI is InChI=1S/C14H23BrN2O2S/c1-4-6-16-7-5-8-20(18,19)17-14-12(3)9-11(2)10-13(14)15/h9-10,16-17H,4-8H2,1-3H3. The Bertz CT molecular complexity index is 521. The first-order chi connectivity index (χ1) is 9.35. The topological polar surface area (TPSA) is 58.2 Å². The fourth-order valence-electron chi connectivity index (χ4n) is 1.94. The average molecular weight is 363 g/mol. The number of nitrogens with one attached hydrogen (secondary N) is 2. The van der Waals surface area contributed by atoms with Gasteiger partial charge in [0.15, 0.2) is 0 Å². The molecule has 0 aliphatic rings. The van der Waals surface area contributed by atoms with E-state index in [0.29, 0.717) is 12.1 Å². The van der Waals surface area contributed by atoms with E-state index < -0.39 is 10.0 Å². The number of sulfonamides is 1. The summed E-state index contributed by atoms with van der Waals surface area (Å²) in [7, 11) is -3.30. The normalized spacial score (nSPS) is 11.6. The summed E-state index contributed by atoms with van der Waals surface area (Å²) in [6.07, 6.45) is 1.67. The maximum Gasteiger partial charge on any atom is 0.232 e. The summed E-state index contributed by atoms with van der Waals surface area (Å²) in [6, 6.07) is 3.87. The third kappa shape index (κ3) is 5.81. The molecule has 0 saturated heterocycles. The van der Waals surface area contributed by atoms with Crippen LogP contribution in [0.1, 0.15) is 30.9 Å². The van der Waals surface area contributed by atoms with Crippen molar-refractivity contribution in [1.29, 1.82) is 0 Å². The van der Waals surface area contributed by atoms with Crippen molar-refractivity contribution in [3.05, 3.63) is 27.7 Å². The molecule has 114 valence electrons. The molecule has 1 aromatic carbocycles. The summed E-state index contributed by atoms with van der Waals surface area (Å²) in [6.45, 7) is 7.62. The molecule has 1 rings (SSSR count). The van der Waals surface area contributed by atoms with E-state index in [-0.39, 0.29) is 5.75 Å². The molecule has 0 atom stereocenters. The molecule has 2 N–H and O–H groups in total. The van der Waals surface area contributed by atoms with E-state index in [2.05, 4.69) is 32.9 Å². The van der Waals surface area contributed by atoms with Crippen molar-refractivity contribution in [3.63, 3.8) is 0 Å². The molecule has 0 unspecified atom stereocenters. The molecule has 0 bridgehead atoms. The fraction of sp³-hybridized carbons (Fsp3) is 0.571. The van der Waals surface area contributed by atoms with Gasteiger partial charge in [0.2, 0.25) is 10.0 Å². The SMILES string of the molecule is CCCNCCCS(=O)(=O)Nc1c(C)cc(C)cc1Br. The predicted octanol–water partition coefficient (Wildman–Crippen LogP) is 3.20. The molecular formula is C14H23BrN2O2S. The van der Waals surface area contributed by atoms with Gasteiger partial charge in [-0.1, -0.05) is 13.0 Å². The van der Waals surface area contributed by atoms with Crippen LogP contribution >= 0.6 is 15.9 Å². The smallest absolute Gasteiger partial charge is 0.232 e. The van der Waals surface area contributed by atoms with Gasteiger partial charge in [-0.15, -0.1) is 0 Å². The lowest BCUT2D eigenvalue weighted by molar-refractivity contribution is 0.593. The lowest BCUT2D eigenvalue weighted by atomic mass is 10.1. The van der Waals surface area contributed by atoms with Gasteiger partial charge < -0.3 is 5.32 Å². The van der Waals surface area contributed by atoms with Crippen LogP contribution in [0.5, 0.6) is 0 Å². The zero-order chi connectivity index (χ0) is 15.2. The molecule has 0 radical (unpaired) electrons. The van der Waals surface area contributed by atoms with Gasteiger partial charge in [0.25, 0.3) is 0 Å². The molecule has 0 aliphatic heterocycles. The number of rotatable bonds is 8. The van der Waals surface area contributed by atoms with Crippen LogP contribution in [-0.4, -0.2) is 27.3 Å². The predicted molar refractivity (Wildman–Crippen MR) is 88.8 cm³/mol. The summed E-state index contributed by atoms with van der Waals surface area (Å²) in [5.41, 5.74) is 2.66. The maximum absolute atomic E-state index is 12.1. The number of hydrogen-bond acceptors (Lipinski definition) is 3. The highest BCUT2D eigenvalue weighted by Gasteiger charge is 2.14. The van der Waals surface area contributed by atoms with Gasteiger partial charge in [-0.2, -0.15) is 0 Å². The van der Waals surface area contributed by atoms with Gasteiger partial charge in [-0.3, -0.25) is 4.72 Å². The molecule has 0 heterocycles. The summed E-state index contributed by atoms with van der Waals surface area (Å²) >= 11 is 3.41. The van der Waals surface area contributed by atoms with Crippen molar-refractivity contribution in [2.75, 3.05) is 23.6 Å². The molecule has 0 amide bonds. The van der Waals surface area contributed by atoms with Crippen LogP contribution in [-0.2, 0) is 10.0 Å². The van der Waals surface area contributed by atoms with E-state index in [1.54, 1.807) is 0 Å². The van der Waals surface area contributed by atoms with Crippen LogP contribution in [0.25, 0.3) is 0 Å². The van der Waals surface area contributed by atoms with Crippen molar-refractivity contribution in [1.82, 2.24) is 5.32 Å². The molecule has 0 spiro atoms. The zero-order valence-electron chi connectivity index (χ0n) is 12.3. The number of hydrogen-bond donors (Lipinski definition) is 2. The van der Waals surface area contributed by atoms with Crippen molar-refractivity contribution in [3.8, 4) is 0 Å². The Labute approximate surface area is 130 Å². The highest BCUT2D eigenvalue weighted by atomic mass is 79.9. The first-order valence-corrected chi connectivity index (χ1v) is 9.28. The monoisotopic (exact) mass is 362 g/mol. The van der Waals surface area contributed by atoms with Gasteiger partial charge in [0.1, 0.15) is 0 Å². The minimum absolute atomic E-state index is 0.128. The first-order valence-electron chi connectivity index (χ1n) is 6.83. The second kappa shape index (κ2) is 8.00. The molecule has 20 heavy (non-hydrogen) atoms. The highest BCUT2D eigenvalue weighted by molar-refractivity contribution is 9.10. The van der Waals surface area contributed by atoms with Crippen LogP contribution in [0, 0.1) is 13.8 Å². The van der Waals surface area contributed by atoms with Gasteiger partial charge >= 0.3 is 0 Å². The Hall–Kier alpha value is -0.590. The van der Waals surface area contributed by atoms with Gasteiger partial charge in [-0.05, 0) is 72.9 Å². The van der Waals surface area contributed by atoms with Crippen LogP contribution < -0.4 is 10.0 Å². The Kier molecular flexibility index (Phi) is 6.99. The molecule has 4 nitrogen and oxygen atoms in total. The van der Waals surface area contributed by atoms with Gasteiger partial charge in [-0.25, -0.2) is 8.42 Å². The molecule has 0 fully saturated rings. The molecule has 1 aromatic rings. The highest BCUT2D eigenvalue weighted by Crippen LogP contribution is 2.28. The number of anilines is 1. The lowest BCUT2D eigenvalue weighted by Gasteiger charge is -2.13. The summed E-state index contributed by atoms with van der Waals surface area (Å²) in [5, 5.41) is 3.20. The Morgan fingerprint density at radius 3 is 2.50 bits per heavy atom. The second-order valence-corrected chi connectivity index (χ2v) is 7.66. The van der Waals surface area contributed by atoms with E-state index in [9.17, 15) is 8.42 Å². The molecule has 0 saturated carbocycles. The Balaban J connectivity index is 2.63. The molecule has 0 aliphatic carbocycles. The third-order valence-electron chi connectivity index (χ3n) is 2.88. The van der Waals surface area contributed by atoms with Crippen LogP contribution in [0.15, 0.2) is 16.6 Å². The number of halogens is 1. The van der Waals surface area contributed by atoms with Crippen molar-refractivity contribution < 1.29 is 8.42 Å². The number of benzene rings is 1. The minimum Gasteiger partial charge on any atom is -0.317 e. The van der Waals surface area contributed by atoms with Crippen LogP contribution in [0.3, 0.4) is 0 Å². The van der Waals surface area contributed by atoms with Crippen molar-refractivity contribution >= 4 is 31.6 Å². The third-order valence-corrected chi connectivity index (χ3v) is 4.85. The van der Waals surface area contributed by atoms with Crippen molar-refractivity contribution in [2.24, 2.45) is 0 Å². The largest absolute Gasteiger partial charge is 0.317 e. The quantitative estimate of drug-likeness (QED) is 0.698. The number of aryl methyl sites for hydroxylation is 2. The lowest BCUT2D eigenvalue weighted by Crippen LogP contribution is -2.23. The maximum atomic E-state index is 12.1. The molecule has 0 aromatic heterocycles. The van der Waals surface area contributed by atoms with Crippen molar-refractivity contribution in [2.45, 2.75) is 33.6 Å². The molecular weight excluding hydrogens is 340 g/mol. The molecule has 6 heteroatoms. The second-order valence-electron chi connectivity index (χ2n) is 4.96. The van der Waals surface area contributed by atoms with Gasteiger partial charge in [0, 0.05) is 4.47 Å². The van der Waals surface area contributed by atoms with E-state index in [4.69, 9.17) is 0 Å². The zero-order valence-corrected chi connectivity index (χ0v) is 14.7. The van der Waals surface area contributed by atoms with E-state index in [1.165, 1.54) is 0 Å². The fourth-order valence-corrected chi connectivity index (χ4v) is 4.05. The van der Waals surface area contributed by atoms with E-state index in [0.717, 1.165) is 35.1 Å². The van der Waals surface area contributed by atoms with E-state index in [1.807, 2.05) is 26.0 Å². The Morgan fingerprint density at radius 1 is 1.20 bits per heavy atom. The van der Waals surface area contributed by atoms with Gasteiger partial charge in [0.05, 0.1) is 11.4 Å². The Morgan fingerprint density at radius 2 is 1.90 bits per heavy atom. The summed E-state index contributed by atoms with van der Waals surface area (Å²) < 4.78 is 27.6. The minimum atomic E-state index is -3.30. The summed E-state index contributed by atoms with van der Waals surface area (Å²) in [4.78, 5) is 0. The average Bonchev–Trinajstić information content (AvgIpc) is 2.33. The van der Waals surface area contributed by atoms with Crippen LogP contribution in [0.2, 0.25) is 0 Å². The first kappa shape index (κ1) is 17.5. The summed E-state index contributed by atoms with van der Waals surface area (Å²) in [5.74, 6) is 0.128.